The predicted molar refractivity (Wildman–Crippen MR) is 69.6 cm³/mol. The molecule has 2 rings (SSSR count). The summed E-state index contributed by atoms with van der Waals surface area (Å²) in [5.74, 6) is 0.927. The van der Waals surface area contributed by atoms with Crippen LogP contribution in [0, 0.1) is 0 Å². The van der Waals surface area contributed by atoms with Gasteiger partial charge in [0.2, 0.25) is 0 Å². The summed E-state index contributed by atoms with van der Waals surface area (Å²) < 4.78 is 1.99. The standard InChI is InChI=1S/C14H17N3O/c1-3-11-10-15-6-5-12(11)13(18)9-14-16-7-8-17(14)4-2/h5-8,10H,3-4,9H2,1-2H3. The first-order valence-corrected chi connectivity index (χ1v) is 6.22. The minimum absolute atomic E-state index is 0.107. The van der Waals surface area contributed by atoms with E-state index in [4.69, 9.17) is 0 Å². The highest BCUT2D eigenvalue weighted by atomic mass is 16.1. The Balaban J connectivity index is 2.22. The van der Waals surface area contributed by atoms with Crippen LogP contribution in [-0.4, -0.2) is 20.3 Å². The molecule has 0 aromatic carbocycles. The van der Waals surface area contributed by atoms with Crippen molar-refractivity contribution >= 4 is 5.78 Å². The summed E-state index contributed by atoms with van der Waals surface area (Å²) in [5, 5.41) is 0. The van der Waals surface area contributed by atoms with Crippen LogP contribution in [0.2, 0.25) is 0 Å². The van der Waals surface area contributed by atoms with Gasteiger partial charge in [0.15, 0.2) is 5.78 Å². The van der Waals surface area contributed by atoms with Gasteiger partial charge >= 0.3 is 0 Å². The summed E-state index contributed by atoms with van der Waals surface area (Å²) in [6, 6.07) is 1.79. The molecule has 0 aliphatic rings. The molecule has 2 aromatic heterocycles. The molecule has 0 bridgehead atoms. The van der Waals surface area contributed by atoms with E-state index >= 15 is 0 Å². The molecule has 0 saturated carbocycles. The second-order valence-corrected chi connectivity index (χ2v) is 4.12. The highest BCUT2D eigenvalue weighted by Gasteiger charge is 2.13. The summed E-state index contributed by atoms with van der Waals surface area (Å²) in [4.78, 5) is 20.6. The molecule has 0 saturated heterocycles. The molecule has 0 amide bonds. The van der Waals surface area contributed by atoms with E-state index in [-0.39, 0.29) is 5.78 Å². The van der Waals surface area contributed by atoms with Crippen molar-refractivity contribution in [1.29, 1.82) is 0 Å². The monoisotopic (exact) mass is 243 g/mol. The quantitative estimate of drug-likeness (QED) is 0.757. The molecule has 0 N–H and O–H groups in total. The lowest BCUT2D eigenvalue weighted by atomic mass is 10.0. The van der Waals surface area contributed by atoms with Crippen molar-refractivity contribution in [1.82, 2.24) is 14.5 Å². The average molecular weight is 243 g/mol. The number of aromatic nitrogens is 3. The van der Waals surface area contributed by atoms with Gasteiger partial charge in [-0.1, -0.05) is 6.92 Å². The largest absolute Gasteiger partial charge is 0.335 e. The Hall–Kier alpha value is -1.97. The molecule has 94 valence electrons. The van der Waals surface area contributed by atoms with E-state index in [0.29, 0.717) is 6.42 Å². The van der Waals surface area contributed by atoms with Gasteiger partial charge in [0.1, 0.15) is 5.82 Å². The van der Waals surface area contributed by atoms with E-state index in [1.165, 1.54) is 0 Å². The summed E-state index contributed by atoms with van der Waals surface area (Å²) in [6.07, 6.45) is 8.22. The van der Waals surface area contributed by atoms with Gasteiger partial charge in [-0.2, -0.15) is 0 Å². The van der Waals surface area contributed by atoms with Crippen LogP contribution in [0.3, 0.4) is 0 Å². The zero-order valence-corrected chi connectivity index (χ0v) is 10.8. The Bertz CT molecular complexity index is 545. The SMILES string of the molecule is CCc1cnccc1C(=O)Cc1nccn1CC. The average Bonchev–Trinajstić information content (AvgIpc) is 2.85. The Morgan fingerprint density at radius 3 is 2.89 bits per heavy atom. The van der Waals surface area contributed by atoms with Crippen molar-refractivity contribution < 1.29 is 4.79 Å². The fraction of sp³-hybridized carbons (Fsp3) is 0.357. The number of carbonyl (C=O) groups excluding carboxylic acids is 1. The maximum Gasteiger partial charge on any atom is 0.170 e. The van der Waals surface area contributed by atoms with E-state index in [0.717, 1.165) is 29.9 Å². The molecule has 0 unspecified atom stereocenters. The number of rotatable bonds is 5. The van der Waals surface area contributed by atoms with E-state index < -0.39 is 0 Å². The number of carbonyl (C=O) groups is 1. The number of aryl methyl sites for hydroxylation is 2. The van der Waals surface area contributed by atoms with Gasteiger partial charge in [0.05, 0.1) is 6.42 Å². The number of hydrogen-bond donors (Lipinski definition) is 0. The topological polar surface area (TPSA) is 47.8 Å². The van der Waals surface area contributed by atoms with Gasteiger partial charge in [-0.15, -0.1) is 0 Å². The van der Waals surface area contributed by atoms with Crippen molar-refractivity contribution in [2.75, 3.05) is 0 Å². The Labute approximate surface area is 107 Å². The maximum atomic E-state index is 12.3. The third kappa shape index (κ3) is 2.47. The molecule has 2 heterocycles. The van der Waals surface area contributed by atoms with Crippen molar-refractivity contribution in [2.45, 2.75) is 33.2 Å². The number of nitrogens with zero attached hydrogens (tertiary/aromatic N) is 3. The summed E-state index contributed by atoms with van der Waals surface area (Å²) in [6.45, 7) is 4.90. The van der Waals surface area contributed by atoms with Crippen LogP contribution in [0.1, 0.15) is 35.6 Å². The van der Waals surface area contributed by atoms with Gasteiger partial charge in [-0.05, 0) is 25.0 Å². The zero-order valence-electron chi connectivity index (χ0n) is 10.8. The molecule has 0 fully saturated rings. The maximum absolute atomic E-state index is 12.3. The third-order valence-electron chi connectivity index (χ3n) is 3.05. The number of ketones is 1. The van der Waals surface area contributed by atoms with Gasteiger partial charge in [0, 0.05) is 36.9 Å². The lowest BCUT2D eigenvalue weighted by Gasteiger charge is -2.07. The van der Waals surface area contributed by atoms with Crippen LogP contribution in [0.25, 0.3) is 0 Å². The molecule has 0 spiro atoms. The number of Topliss-reactive ketones (excluding diaryl/α,β-unsaturated/α-hetero) is 1. The smallest absolute Gasteiger partial charge is 0.170 e. The van der Waals surface area contributed by atoms with Gasteiger partial charge in [-0.3, -0.25) is 9.78 Å². The lowest BCUT2D eigenvalue weighted by Crippen LogP contribution is -2.11. The molecule has 0 atom stereocenters. The first-order valence-electron chi connectivity index (χ1n) is 6.22. The van der Waals surface area contributed by atoms with Crippen molar-refractivity contribution in [3.05, 3.63) is 47.8 Å². The van der Waals surface area contributed by atoms with Crippen molar-refractivity contribution in [3.63, 3.8) is 0 Å². The molecule has 2 aromatic rings. The molecule has 0 radical (unpaired) electrons. The Morgan fingerprint density at radius 2 is 2.17 bits per heavy atom. The van der Waals surface area contributed by atoms with E-state index in [1.54, 1.807) is 24.7 Å². The minimum atomic E-state index is 0.107. The second-order valence-electron chi connectivity index (χ2n) is 4.12. The predicted octanol–water partition coefficient (Wildman–Crippen LogP) is 2.29. The van der Waals surface area contributed by atoms with Crippen LogP contribution < -0.4 is 0 Å². The fourth-order valence-electron chi connectivity index (χ4n) is 2.01. The summed E-state index contributed by atoms with van der Waals surface area (Å²) in [5.41, 5.74) is 1.76. The number of hydrogen-bond acceptors (Lipinski definition) is 3. The normalized spacial score (nSPS) is 10.6. The van der Waals surface area contributed by atoms with Crippen LogP contribution in [0.5, 0.6) is 0 Å². The molecule has 4 heteroatoms. The number of pyridine rings is 1. The van der Waals surface area contributed by atoms with Crippen molar-refractivity contribution in [3.8, 4) is 0 Å². The second kappa shape index (κ2) is 5.58. The van der Waals surface area contributed by atoms with Gasteiger partial charge < -0.3 is 4.57 Å². The number of imidazole rings is 1. The van der Waals surface area contributed by atoms with Gasteiger partial charge in [-0.25, -0.2) is 4.98 Å². The first-order chi connectivity index (χ1) is 8.76. The van der Waals surface area contributed by atoms with E-state index in [1.807, 2.05) is 24.6 Å². The summed E-state index contributed by atoms with van der Waals surface area (Å²) >= 11 is 0. The van der Waals surface area contributed by atoms with E-state index in [2.05, 4.69) is 9.97 Å². The van der Waals surface area contributed by atoms with Crippen LogP contribution in [0.15, 0.2) is 30.9 Å². The third-order valence-corrected chi connectivity index (χ3v) is 3.05. The van der Waals surface area contributed by atoms with Crippen LogP contribution >= 0.6 is 0 Å². The molecule has 4 nitrogen and oxygen atoms in total. The lowest BCUT2D eigenvalue weighted by molar-refractivity contribution is 0.0989. The Morgan fingerprint density at radius 1 is 1.33 bits per heavy atom. The first kappa shape index (κ1) is 12.5. The summed E-state index contributed by atoms with van der Waals surface area (Å²) in [7, 11) is 0. The molecule has 0 aliphatic carbocycles. The van der Waals surface area contributed by atoms with Crippen molar-refractivity contribution in [2.24, 2.45) is 0 Å². The highest BCUT2D eigenvalue weighted by molar-refractivity contribution is 5.98. The highest BCUT2D eigenvalue weighted by Crippen LogP contribution is 2.11. The molecular weight excluding hydrogens is 226 g/mol. The Kier molecular flexibility index (Phi) is 3.87. The fourth-order valence-corrected chi connectivity index (χ4v) is 2.01. The molecule has 0 aliphatic heterocycles. The van der Waals surface area contributed by atoms with Crippen LogP contribution in [-0.2, 0) is 19.4 Å². The van der Waals surface area contributed by atoms with Crippen LogP contribution in [0.4, 0.5) is 0 Å². The van der Waals surface area contributed by atoms with E-state index in [9.17, 15) is 4.79 Å². The minimum Gasteiger partial charge on any atom is -0.335 e. The zero-order chi connectivity index (χ0) is 13.0. The molecule has 18 heavy (non-hydrogen) atoms. The molecular formula is C14H17N3O. The van der Waals surface area contributed by atoms with Gasteiger partial charge in [0.25, 0.3) is 0 Å².